The summed E-state index contributed by atoms with van der Waals surface area (Å²) in [5, 5.41) is 19.4. The van der Waals surface area contributed by atoms with E-state index in [1.807, 2.05) is 0 Å². The van der Waals surface area contributed by atoms with Crippen molar-refractivity contribution < 1.29 is 18.4 Å². The Balaban J connectivity index is 3.45. The number of halogens is 1. The van der Waals surface area contributed by atoms with Crippen LogP contribution in [0.5, 0.6) is 0 Å². The molecule has 0 saturated carbocycles. The van der Waals surface area contributed by atoms with E-state index < -0.39 is 30.8 Å². The first-order valence-electron chi connectivity index (χ1n) is 4.12. The minimum absolute atomic E-state index is 0.161. The van der Waals surface area contributed by atoms with Crippen LogP contribution in [-0.4, -0.2) is 23.9 Å². The first-order chi connectivity index (χ1) is 7.26. The SMILES string of the molecule is CC(O)S(=O)(=O)c1cc([N+](=O)[O-])ccc1Cl. The average molecular weight is 266 g/mol. The Labute approximate surface area is 96.5 Å². The van der Waals surface area contributed by atoms with Gasteiger partial charge in [0.05, 0.1) is 14.8 Å². The molecule has 0 aliphatic heterocycles. The van der Waals surface area contributed by atoms with Gasteiger partial charge in [0.2, 0.25) is 9.84 Å². The number of nitro benzene ring substituents is 1. The van der Waals surface area contributed by atoms with E-state index in [0.717, 1.165) is 25.1 Å². The summed E-state index contributed by atoms with van der Waals surface area (Å²) in [7, 11) is -4.04. The number of hydrogen-bond acceptors (Lipinski definition) is 5. The minimum atomic E-state index is -4.04. The molecule has 0 heterocycles. The smallest absolute Gasteiger partial charge is 0.270 e. The summed E-state index contributed by atoms with van der Waals surface area (Å²) in [4.78, 5) is 9.28. The topological polar surface area (TPSA) is 97.5 Å². The molecule has 0 aliphatic carbocycles. The van der Waals surface area contributed by atoms with Crippen LogP contribution in [0.25, 0.3) is 0 Å². The van der Waals surface area contributed by atoms with Gasteiger partial charge in [-0.05, 0) is 13.0 Å². The Morgan fingerprint density at radius 2 is 2.06 bits per heavy atom. The quantitative estimate of drug-likeness (QED) is 0.657. The van der Waals surface area contributed by atoms with Crippen molar-refractivity contribution in [3.63, 3.8) is 0 Å². The maximum absolute atomic E-state index is 11.6. The maximum atomic E-state index is 11.6. The van der Waals surface area contributed by atoms with Crippen LogP contribution >= 0.6 is 11.6 Å². The van der Waals surface area contributed by atoms with Gasteiger partial charge in [-0.25, -0.2) is 8.42 Å². The molecule has 0 spiro atoms. The van der Waals surface area contributed by atoms with Crippen molar-refractivity contribution in [2.75, 3.05) is 0 Å². The largest absolute Gasteiger partial charge is 0.377 e. The molecule has 1 unspecified atom stereocenters. The molecule has 6 nitrogen and oxygen atoms in total. The molecule has 8 heteroatoms. The fourth-order valence-corrected chi connectivity index (χ4v) is 2.44. The fraction of sp³-hybridized carbons (Fsp3) is 0.250. The lowest BCUT2D eigenvalue weighted by molar-refractivity contribution is -0.385. The van der Waals surface area contributed by atoms with Crippen LogP contribution in [0.4, 0.5) is 5.69 Å². The van der Waals surface area contributed by atoms with Crippen molar-refractivity contribution in [2.24, 2.45) is 0 Å². The number of hydrogen-bond donors (Lipinski definition) is 1. The van der Waals surface area contributed by atoms with E-state index in [1.54, 1.807) is 0 Å². The van der Waals surface area contributed by atoms with Gasteiger partial charge in [0.15, 0.2) is 5.44 Å². The van der Waals surface area contributed by atoms with Crippen LogP contribution in [0.1, 0.15) is 6.92 Å². The van der Waals surface area contributed by atoms with E-state index in [1.165, 1.54) is 0 Å². The number of benzene rings is 1. The molecule has 0 saturated heterocycles. The fourth-order valence-electron chi connectivity index (χ4n) is 1.01. The molecule has 16 heavy (non-hydrogen) atoms. The number of nitrogens with zero attached hydrogens (tertiary/aromatic N) is 1. The third-order valence-corrected chi connectivity index (χ3v) is 4.17. The van der Waals surface area contributed by atoms with Crippen molar-refractivity contribution in [3.05, 3.63) is 33.3 Å². The zero-order valence-corrected chi connectivity index (χ0v) is 9.70. The number of non-ortho nitro benzene ring substituents is 1. The van der Waals surface area contributed by atoms with Crippen LogP contribution < -0.4 is 0 Å². The predicted octanol–water partition coefficient (Wildman–Crippen LogP) is 1.36. The number of sulfone groups is 1. The van der Waals surface area contributed by atoms with Crippen LogP contribution in [0, 0.1) is 10.1 Å². The highest BCUT2D eigenvalue weighted by Gasteiger charge is 2.25. The third-order valence-electron chi connectivity index (χ3n) is 1.88. The number of nitro groups is 1. The lowest BCUT2D eigenvalue weighted by Crippen LogP contribution is -2.17. The lowest BCUT2D eigenvalue weighted by atomic mass is 10.3. The van der Waals surface area contributed by atoms with Gasteiger partial charge in [-0.2, -0.15) is 0 Å². The summed E-state index contributed by atoms with van der Waals surface area (Å²) in [5.41, 5.74) is -2.07. The summed E-state index contributed by atoms with van der Waals surface area (Å²) >= 11 is 5.62. The second-order valence-corrected chi connectivity index (χ2v) is 5.64. The molecule has 1 rings (SSSR count). The van der Waals surface area contributed by atoms with Crippen molar-refractivity contribution in [3.8, 4) is 0 Å². The summed E-state index contributed by atoms with van der Waals surface area (Å²) in [6.07, 6.45) is 0. The van der Waals surface area contributed by atoms with Gasteiger partial charge in [-0.15, -0.1) is 0 Å². The predicted molar refractivity (Wildman–Crippen MR) is 57.0 cm³/mol. The van der Waals surface area contributed by atoms with E-state index in [0.29, 0.717) is 0 Å². The molecule has 0 bridgehead atoms. The molecule has 1 aromatic carbocycles. The van der Waals surface area contributed by atoms with Crippen molar-refractivity contribution in [1.29, 1.82) is 0 Å². The van der Waals surface area contributed by atoms with Gasteiger partial charge < -0.3 is 5.11 Å². The summed E-state index contributed by atoms with van der Waals surface area (Å²) in [5.74, 6) is 0. The minimum Gasteiger partial charge on any atom is -0.377 e. The van der Waals surface area contributed by atoms with Crippen LogP contribution in [0.15, 0.2) is 23.1 Å². The van der Waals surface area contributed by atoms with Gasteiger partial charge in [0, 0.05) is 12.1 Å². The van der Waals surface area contributed by atoms with Gasteiger partial charge in [-0.3, -0.25) is 10.1 Å². The summed E-state index contributed by atoms with van der Waals surface area (Å²) < 4.78 is 23.1. The van der Waals surface area contributed by atoms with Gasteiger partial charge in [-0.1, -0.05) is 11.6 Å². The first kappa shape index (κ1) is 12.9. The zero-order valence-electron chi connectivity index (χ0n) is 8.12. The summed E-state index contributed by atoms with van der Waals surface area (Å²) in [6, 6.07) is 3.02. The lowest BCUT2D eigenvalue weighted by Gasteiger charge is -2.08. The van der Waals surface area contributed by atoms with E-state index >= 15 is 0 Å². The van der Waals surface area contributed by atoms with E-state index in [-0.39, 0.29) is 5.02 Å². The van der Waals surface area contributed by atoms with Crippen LogP contribution in [0.2, 0.25) is 5.02 Å². The Hall–Kier alpha value is -1.18. The van der Waals surface area contributed by atoms with E-state index in [4.69, 9.17) is 16.7 Å². The molecular weight excluding hydrogens is 258 g/mol. The number of aliphatic hydroxyl groups excluding tert-OH is 1. The van der Waals surface area contributed by atoms with Crippen molar-refractivity contribution >= 4 is 27.1 Å². The zero-order chi connectivity index (χ0) is 12.5. The standard InChI is InChI=1S/C8H8ClNO5S/c1-5(11)16(14,15)8-4-6(10(12)13)2-3-7(8)9/h2-5,11H,1H3. The molecule has 0 aromatic heterocycles. The number of rotatable bonds is 3. The third kappa shape index (κ3) is 2.31. The van der Waals surface area contributed by atoms with Crippen LogP contribution in [0.3, 0.4) is 0 Å². The molecule has 0 fully saturated rings. The monoisotopic (exact) mass is 265 g/mol. The Kier molecular flexibility index (Phi) is 3.51. The second kappa shape index (κ2) is 4.36. The average Bonchev–Trinajstić information content (AvgIpc) is 2.17. The van der Waals surface area contributed by atoms with E-state index in [2.05, 4.69) is 0 Å². The van der Waals surface area contributed by atoms with Crippen molar-refractivity contribution in [1.82, 2.24) is 0 Å². The molecule has 1 aromatic rings. The maximum Gasteiger partial charge on any atom is 0.270 e. The van der Waals surface area contributed by atoms with Crippen molar-refractivity contribution in [2.45, 2.75) is 17.3 Å². The second-order valence-electron chi connectivity index (χ2n) is 3.02. The molecule has 88 valence electrons. The molecule has 1 atom stereocenters. The van der Waals surface area contributed by atoms with Gasteiger partial charge in [0.25, 0.3) is 5.69 Å². The Bertz CT molecular complexity index is 525. The highest BCUT2D eigenvalue weighted by Crippen LogP contribution is 2.28. The van der Waals surface area contributed by atoms with E-state index in [9.17, 15) is 18.5 Å². The summed E-state index contributed by atoms with van der Waals surface area (Å²) in [6.45, 7) is 1.05. The highest BCUT2D eigenvalue weighted by molar-refractivity contribution is 7.92. The first-order valence-corrected chi connectivity index (χ1v) is 6.05. The highest BCUT2D eigenvalue weighted by atomic mass is 35.5. The van der Waals surface area contributed by atoms with Crippen LogP contribution in [-0.2, 0) is 9.84 Å². The molecule has 0 aliphatic rings. The molecule has 0 radical (unpaired) electrons. The van der Waals surface area contributed by atoms with Gasteiger partial charge >= 0.3 is 0 Å². The number of aliphatic hydroxyl groups is 1. The molecule has 1 N–H and O–H groups in total. The normalized spacial score (nSPS) is 13.4. The van der Waals surface area contributed by atoms with Gasteiger partial charge in [0.1, 0.15) is 0 Å². The molecule has 0 amide bonds. The molecular formula is C8H8ClNO5S. The Morgan fingerprint density at radius 3 is 2.50 bits per heavy atom. The Morgan fingerprint density at radius 1 is 1.50 bits per heavy atom.